The lowest BCUT2D eigenvalue weighted by Crippen LogP contribution is -2.10. The Kier molecular flexibility index (Phi) is 10.8. The molecule has 8 heterocycles. The summed E-state index contributed by atoms with van der Waals surface area (Å²) in [5.74, 6) is 0. The Labute approximate surface area is 437 Å². The molecule has 20 rings (SSSR count). The molecule has 0 atom stereocenters. The van der Waals surface area contributed by atoms with Crippen molar-refractivity contribution in [2.24, 2.45) is 0 Å². The molecule has 8 bridgehead atoms. The first kappa shape index (κ1) is 43.8. The Morgan fingerprint density at radius 3 is 0.880 bits per heavy atom. The molecule has 0 amide bonds. The summed E-state index contributed by atoms with van der Waals surface area (Å²) in [6.07, 6.45) is 0. The standard InChI is InChI=1S/C72H49N3/c1-3-13-50(14-4-1)51-23-36-59(37-24-51)73-61-40-27-53(28-41-61)65-17-7-9-19-67(65)55-31-44-63(45-32-55)74(64-46-33-56(34-47-64)68-20-10-8-18-66(68)54-29-42-62(73)43-30-54)60-38-25-52(26-39-60)57-35-48-72-70(49-57)69-21-11-12-22-71(69)75(72)58-15-5-2-6-16-58/h1-49H. The SMILES string of the molecule is c1ccc(-c2ccc(N3c4ccc(cc4)-c4ccccc4-c4ccc(cc4)N(c4ccc(-c5ccc6c(c5)c5ccccc5n6-c5ccccc5)cc4)c4ccc(cc4)-c4ccccc4-c4ccc3cc4)cc2)cc1. The van der Waals surface area contributed by atoms with E-state index in [1.807, 2.05) is 0 Å². The molecule has 3 heteroatoms. The van der Waals surface area contributed by atoms with Crippen molar-refractivity contribution in [3.63, 3.8) is 0 Å². The van der Waals surface area contributed by atoms with E-state index in [4.69, 9.17) is 0 Å². The number of rotatable bonds is 5. The predicted octanol–water partition coefficient (Wildman–Crippen LogP) is 20.0. The Morgan fingerprint density at radius 1 is 0.173 bits per heavy atom. The van der Waals surface area contributed by atoms with Crippen LogP contribution in [0.5, 0.6) is 0 Å². The summed E-state index contributed by atoms with van der Waals surface area (Å²) in [7, 11) is 0. The zero-order valence-corrected chi connectivity index (χ0v) is 41.1. The van der Waals surface area contributed by atoms with Gasteiger partial charge in [0, 0.05) is 50.6 Å². The minimum absolute atomic E-state index is 1.08. The van der Waals surface area contributed by atoms with Gasteiger partial charge in [0.15, 0.2) is 0 Å². The van der Waals surface area contributed by atoms with Crippen molar-refractivity contribution in [2.75, 3.05) is 9.80 Å². The second-order valence-corrected chi connectivity index (χ2v) is 19.3. The second kappa shape index (κ2) is 18.6. The van der Waals surface area contributed by atoms with Crippen LogP contribution in [0.15, 0.2) is 297 Å². The molecule has 0 saturated heterocycles. The maximum absolute atomic E-state index is 2.37. The lowest BCUT2D eigenvalue weighted by Gasteiger charge is -2.27. The van der Waals surface area contributed by atoms with Gasteiger partial charge < -0.3 is 14.4 Å². The van der Waals surface area contributed by atoms with Gasteiger partial charge in [0.25, 0.3) is 0 Å². The molecule has 0 saturated carbocycles. The molecule has 7 aliphatic rings. The van der Waals surface area contributed by atoms with Crippen LogP contribution in [-0.2, 0) is 0 Å². The fourth-order valence-corrected chi connectivity index (χ4v) is 11.3. The number of aromatic nitrogens is 1. The van der Waals surface area contributed by atoms with E-state index in [-0.39, 0.29) is 0 Å². The molecule has 12 aromatic carbocycles. The van der Waals surface area contributed by atoms with Crippen LogP contribution in [0.1, 0.15) is 0 Å². The highest BCUT2D eigenvalue weighted by Crippen LogP contribution is 2.44. The molecule has 0 unspecified atom stereocenters. The van der Waals surface area contributed by atoms with Gasteiger partial charge in [-0.1, -0.05) is 194 Å². The summed E-state index contributed by atoms with van der Waals surface area (Å²) in [6.45, 7) is 0. The van der Waals surface area contributed by atoms with Gasteiger partial charge >= 0.3 is 0 Å². The molecule has 3 nitrogen and oxygen atoms in total. The number of hydrogen-bond donors (Lipinski definition) is 0. The van der Waals surface area contributed by atoms with Crippen molar-refractivity contribution in [2.45, 2.75) is 0 Å². The summed E-state index contributed by atoms with van der Waals surface area (Å²) in [6, 6.07) is 109. The van der Waals surface area contributed by atoms with Gasteiger partial charge in [-0.2, -0.15) is 0 Å². The van der Waals surface area contributed by atoms with Crippen LogP contribution in [0.25, 0.3) is 94.3 Å². The third-order valence-corrected chi connectivity index (χ3v) is 15.0. The maximum atomic E-state index is 2.37. The van der Waals surface area contributed by atoms with Crippen molar-refractivity contribution in [1.29, 1.82) is 0 Å². The highest BCUT2D eigenvalue weighted by atomic mass is 15.1. The summed E-state index contributed by atoms with van der Waals surface area (Å²) in [4.78, 5) is 4.73. The number of anilines is 6. The van der Waals surface area contributed by atoms with Gasteiger partial charge in [-0.05, 0) is 170 Å². The van der Waals surface area contributed by atoms with E-state index in [9.17, 15) is 0 Å². The monoisotopic (exact) mass is 955 g/mol. The molecule has 0 fully saturated rings. The molecular weight excluding hydrogens is 907 g/mol. The topological polar surface area (TPSA) is 11.4 Å². The Balaban J connectivity index is 0.868. The third-order valence-electron chi connectivity index (χ3n) is 15.0. The van der Waals surface area contributed by atoms with Crippen LogP contribution in [0, 0.1) is 0 Å². The minimum Gasteiger partial charge on any atom is -0.311 e. The van der Waals surface area contributed by atoms with Crippen molar-refractivity contribution in [1.82, 2.24) is 4.57 Å². The van der Waals surface area contributed by atoms with E-state index in [2.05, 4.69) is 312 Å². The van der Waals surface area contributed by atoms with Gasteiger partial charge in [0.1, 0.15) is 0 Å². The molecule has 0 spiro atoms. The average Bonchev–Trinajstić information content (AvgIpc) is 3.84. The Bertz CT molecular complexity index is 4030. The minimum atomic E-state index is 1.08. The van der Waals surface area contributed by atoms with Gasteiger partial charge in [-0.15, -0.1) is 0 Å². The van der Waals surface area contributed by atoms with Crippen LogP contribution in [0.4, 0.5) is 34.1 Å². The van der Waals surface area contributed by atoms with Crippen molar-refractivity contribution in [3.05, 3.63) is 297 Å². The summed E-state index contributed by atoms with van der Waals surface area (Å²) < 4.78 is 2.37. The Morgan fingerprint density at radius 2 is 0.467 bits per heavy atom. The first-order valence-electron chi connectivity index (χ1n) is 25.7. The van der Waals surface area contributed by atoms with Crippen molar-refractivity contribution >= 4 is 55.9 Å². The quantitative estimate of drug-likeness (QED) is 0.170. The highest BCUT2D eigenvalue weighted by Gasteiger charge is 2.19. The molecule has 7 aliphatic heterocycles. The molecule has 0 aliphatic carbocycles. The molecule has 0 N–H and O–H groups in total. The molecule has 352 valence electrons. The summed E-state index contributed by atoms with van der Waals surface area (Å²) in [5, 5.41) is 2.49. The molecular formula is C72H49N3. The van der Waals surface area contributed by atoms with Gasteiger partial charge in [-0.3, -0.25) is 0 Å². The lowest BCUT2D eigenvalue weighted by molar-refractivity contribution is 1.18. The predicted molar refractivity (Wildman–Crippen MR) is 316 cm³/mol. The van der Waals surface area contributed by atoms with Crippen molar-refractivity contribution < 1.29 is 0 Å². The molecule has 13 aromatic rings. The first-order valence-corrected chi connectivity index (χ1v) is 25.7. The number of hydrogen-bond acceptors (Lipinski definition) is 2. The van der Waals surface area contributed by atoms with Crippen LogP contribution in [0.2, 0.25) is 0 Å². The fourth-order valence-electron chi connectivity index (χ4n) is 11.3. The number of nitrogens with zero attached hydrogens (tertiary/aromatic N) is 3. The fraction of sp³-hybridized carbons (Fsp3) is 0. The third kappa shape index (κ3) is 7.95. The molecule has 0 radical (unpaired) electrons. The van der Waals surface area contributed by atoms with Crippen LogP contribution >= 0.6 is 0 Å². The van der Waals surface area contributed by atoms with Crippen molar-refractivity contribution in [3.8, 4) is 72.4 Å². The van der Waals surface area contributed by atoms with E-state index in [1.165, 1.54) is 66.3 Å². The zero-order valence-electron chi connectivity index (χ0n) is 41.1. The number of benzene rings is 12. The maximum Gasteiger partial charge on any atom is 0.0541 e. The van der Waals surface area contributed by atoms with Gasteiger partial charge in [-0.25, -0.2) is 0 Å². The number of fused-ring (bicyclic) bond motifs is 3. The smallest absolute Gasteiger partial charge is 0.0541 e. The van der Waals surface area contributed by atoms with Gasteiger partial charge in [0.05, 0.1) is 11.0 Å². The van der Waals surface area contributed by atoms with E-state index < -0.39 is 0 Å². The largest absolute Gasteiger partial charge is 0.311 e. The molecule has 75 heavy (non-hydrogen) atoms. The normalized spacial score (nSPS) is 11.9. The average molecular weight is 956 g/mol. The van der Waals surface area contributed by atoms with E-state index in [1.54, 1.807) is 0 Å². The summed E-state index contributed by atoms with van der Waals surface area (Å²) in [5.41, 5.74) is 24.2. The zero-order chi connectivity index (χ0) is 49.7. The van der Waals surface area contributed by atoms with E-state index in [0.29, 0.717) is 0 Å². The number of para-hydroxylation sites is 2. The molecule has 1 aromatic heterocycles. The van der Waals surface area contributed by atoms with Crippen LogP contribution < -0.4 is 9.80 Å². The first-order chi connectivity index (χ1) is 37.2. The van der Waals surface area contributed by atoms with E-state index >= 15 is 0 Å². The van der Waals surface area contributed by atoms with E-state index in [0.717, 1.165) is 62.1 Å². The van der Waals surface area contributed by atoms with Crippen LogP contribution in [0.3, 0.4) is 0 Å². The second-order valence-electron chi connectivity index (χ2n) is 19.3. The van der Waals surface area contributed by atoms with Crippen LogP contribution in [-0.4, -0.2) is 4.57 Å². The van der Waals surface area contributed by atoms with Gasteiger partial charge in [0.2, 0.25) is 0 Å². The summed E-state index contributed by atoms with van der Waals surface area (Å²) >= 11 is 0. The lowest BCUT2D eigenvalue weighted by atomic mass is 9.93. The Hall–Kier alpha value is -9.96. The highest BCUT2D eigenvalue weighted by molar-refractivity contribution is 6.10.